The molecule has 0 saturated carbocycles. The van der Waals surface area contributed by atoms with E-state index in [-0.39, 0.29) is 10.6 Å². The maximum Gasteiger partial charge on any atom is 0.274 e. The van der Waals surface area contributed by atoms with Crippen molar-refractivity contribution in [3.8, 4) is 0 Å². The molecule has 3 aromatic rings. The molecule has 2 aromatic carbocycles. The van der Waals surface area contributed by atoms with Crippen LogP contribution in [0.1, 0.15) is 36.0 Å². The third kappa shape index (κ3) is 3.74. The Balaban J connectivity index is 1.72. The molecule has 27 heavy (non-hydrogen) atoms. The summed E-state index contributed by atoms with van der Waals surface area (Å²) >= 11 is 0. The van der Waals surface area contributed by atoms with Crippen LogP contribution < -0.4 is 0 Å². The molecule has 0 radical (unpaired) electrons. The normalized spacial score (nSPS) is 15.3. The summed E-state index contributed by atoms with van der Waals surface area (Å²) in [6, 6.07) is 13.5. The third-order valence-electron chi connectivity index (χ3n) is 5.49. The first-order valence-electron chi connectivity index (χ1n) is 9.65. The maximum absolute atomic E-state index is 11.4. The second-order valence-electron chi connectivity index (χ2n) is 7.53. The topological polar surface area (TPSA) is 51.3 Å². The van der Waals surface area contributed by atoms with Crippen molar-refractivity contribution >= 4 is 16.6 Å². The van der Waals surface area contributed by atoms with Gasteiger partial charge in [-0.2, -0.15) is 0 Å². The van der Waals surface area contributed by atoms with E-state index in [1.54, 1.807) is 12.1 Å². The number of para-hydroxylation sites is 1. The summed E-state index contributed by atoms with van der Waals surface area (Å²) in [5, 5.41) is 12.6. The van der Waals surface area contributed by atoms with Gasteiger partial charge in [0.1, 0.15) is 0 Å². The van der Waals surface area contributed by atoms with Gasteiger partial charge in [-0.25, -0.2) is 0 Å². The van der Waals surface area contributed by atoms with Crippen LogP contribution in [0.25, 0.3) is 10.9 Å². The minimum Gasteiger partial charge on any atom is -0.342 e. The molecular weight excluding hydrogens is 338 g/mol. The SMILES string of the molecule is Cc1ccc2c(c1)c(CN1CCCCC1)cn2Cc1ccccc1[N+](=O)[O-]. The molecule has 2 heterocycles. The number of hydrogen-bond donors (Lipinski definition) is 0. The number of fused-ring (bicyclic) bond motifs is 1. The van der Waals surface area contributed by atoms with Crippen molar-refractivity contribution in [1.82, 2.24) is 9.47 Å². The van der Waals surface area contributed by atoms with Crippen molar-refractivity contribution in [1.29, 1.82) is 0 Å². The number of nitro benzene ring substituents is 1. The largest absolute Gasteiger partial charge is 0.342 e. The van der Waals surface area contributed by atoms with Crippen LogP contribution in [-0.4, -0.2) is 27.5 Å². The van der Waals surface area contributed by atoms with Crippen LogP contribution in [0, 0.1) is 17.0 Å². The van der Waals surface area contributed by atoms with E-state index in [0.717, 1.165) is 30.7 Å². The van der Waals surface area contributed by atoms with Crippen molar-refractivity contribution in [2.75, 3.05) is 13.1 Å². The molecule has 0 amide bonds. The van der Waals surface area contributed by atoms with E-state index in [1.807, 2.05) is 12.1 Å². The van der Waals surface area contributed by atoms with Gasteiger partial charge in [-0.3, -0.25) is 15.0 Å². The molecule has 0 atom stereocenters. The van der Waals surface area contributed by atoms with Crippen LogP contribution >= 0.6 is 0 Å². The lowest BCUT2D eigenvalue weighted by Crippen LogP contribution is -2.28. The van der Waals surface area contributed by atoms with Gasteiger partial charge in [0.2, 0.25) is 0 Å². The standard InChI is InChI=1S/C22H25N3O2/c1-17-9-10-22-20(13-17)19(14-23-11-5-2-6-12-23)16-24(22)15-18-7-3-4-8-21(18)25(26)27/h3-4,7-10,13,16H,2,5-6,11-12,14-15H2,1H3. The Bertz CT molecular complexity index is 971. The van der Waals surface area contributed by atoms with Crippen molar-refractivity contribution in [2.24, 2.45) is 0 Å². The number of nitro groups is 1. The van der Waals surface area contributed by atoms with Crippen molar-refractivity contribution < 1.29 is 4.92 Å². The van der Waals surface area contributed by atoms with Crippen molar-refractivity contribution in [2.45, 2.75) is 39.3 Å². The number of aryl methyl sites for hydroxylation is 1. The molecule has 4 rings (SSSR count). The van der Waals surface area contributed by atoms with Crippen LogP contribution in [0.4, 0.5) is 5.69 Å². The Hall–Kier alpha value is -2.66. The van der Waals surface area contributed by atoms with E-state index >= 15 is 0 Å². The van der Waals surface area contributed by atoms with E-state index in [9.17, 15) is 10.1 Å². The molecule has 1 fully saturated rings. The fourth-order valence-electron chi connectivity index (χ4n) is 4.11. The smallest absolute Gasteiger partial charge is 0.274 e. The molecular formula is C22H25N3O2. The van der Waals surface area contributed by atoms with E-state index in [4.69, 9.17) is 0 Å². The Kier molecular flexibility index (Phi) is 4.94. The number of likely N-dealkylation sites (tertiary alicyclic amines) is 1. The molecule has 1 aliphatic heterocycles. The van der Waals surface area contributed by atoms with Crippen LogP contribution in [0.5, 0.6) is 0 Å². The molecule has 140 valence electrons. The van der Waals surface area contributed by atoms with Gasteiger partial charge in [-0.1, -0.05) is 36.2 Å². The zero-order chi connectivity index (χ0) is 18.8. The monoisotopic (exact) mass is 363 g/mol. The van der Waals surface area contributed by atoms with Crippen LogP contribution in [0.2, 0.25) is 0 Å². The highest BCUT2D eigenvalue weighted by Crippen LogP contribution is 2.27. The molecule has 5 nitrogen and oxygen atoms in total. The molecule has 0 unspecified atom stereocenters. The lowest BCUT2D eigenvalue weighted by molar-refractivity contribution is -0.385. The van der Waals surface area contributed by atoms with Gasteiger partial charge in [0.25, 0.3) is 5.69 Å². The third-order valence-corrected chi connectivity index (χ3v) is 5.49. The van der Waals surface area contributed by atoms with Crippen LogP contribution in [0.3, 0.4) is 0 Å². The van der Waals surface area contributed by atoms with Crippen molar-refractivity contribution in [3.05, 3.63) is 75.5 Å². The van der Waals surface area contributed by atoms with Crippen molar-refractivity contribution in [3.63, 3.8) is 0 Å². The van der Waals surface area contributed by atoms with E-state index in [2.05, 4.69) is 40.8 Å². The van der Waals surface area contributed by atoms with Crippen LogP contribution in [-0.2, 0) is 13.1 Å². The Morgan fingerprint density at radius 1 is 1.00 bits per heavy atom. The highest BCUT2D eigenvalue weighted by molar-refractivity contribution is 5.84. The lowest BCUT2D eigenvalue weighted by atomic mass is 10.1. The predicted molar refractivity (Wildman–Crippen MR) is 108 cm³/mol. The molecule has 0 spiro atoms. The summed E-state index contributed by atoms with van der Waals surface area (Å²) in [5.74, 6) is 0. The van der Waals surface area contributed by atoms with Gasteiger partial charge in [0, 0.05) is 35.3 Å². The highest BCUT2D eigenvalue weighted by Gasteiger charge is 2.17. The molecule has 1 aliphatic rings. The van der Waals surface area contributed by atoms with Gasteiger partial charge in [-0.05, 0) is 50.6 Å². The molecule has 5 heteroatoms. The number of nitrogens with zero attached hydrogens (tertiary/aromatic N) is 3. The fraction of sp³-hybridized carbons (Fsp3) is 0.364. The minimum absolute atomic E-state index is 0.184. The summed E-state index contributed by atoms with van der Waals surface area (Å²) in [5.41, 5.74) is 4.62. The van der Waals surface area contributed by atoms with E-state index in [1.165, 1.54) is 35.8 Å². The number of aromatic nitrogens is 1. The van der Waals surface area contributed by atoms with E-state index in [0.29, 0.717) is 6.54 Å². The fourth-order valence-corrected chi connectivity index (χ4v) is 4.11. The average molecular weight is 363 g/mol. The lowest BCUT2D eigenvalue weighted by Gasteiger charge is -2.26. The second-order valence-corrected chi connectivity index (χ2v) is 7.53. The number of hydrogen-bond acceptors (Lipinski definition) is 3. The number of piperidine rings is 1. The van der Waals surface area contributed by atoms with Gasteiger partial charge < -0.3 is 4.57 Å². The minimum atomic E-state index is -0.292. The number of rotatable bonds is 5. The van der Waals surface area contributed by atoms with Crippen LogP contribution in [0.15, 0.2) is 48.7 Å². The van der Waals surface area contributed by atoms with Gasteiger partial charge in [0.05, 0.1) is 11.5 Å². The zero-order valence-electron chi connectivity index (χ0n) is 15.7. The summed E-state index contributed by atoms with van der Waals surface area (Å²) < 4.78 is 2.16. The second kappa shape index (κ2) is 7.53. The van der Waals surface area contributed by atoms with E-state index < -0.39 is 0 Å². The Morgan fingerprint density at radius 2 is 1.78 bits per heavy atom. The quantitative estimate of drug-likeness (QED) is 0.479. The summed E-state index contributed by atoms with van der Waals surface area (Å²) in [7, 11) is 0. The van der Waals surface area contributed by atoms with Gasteiger partial charge >= 0.3 is 0 Å². The maximum atomic E-state index is 11.4. The first kappa shape index (κ1) is 17.7. The highest BCUT2D eigenvalue weighted by atomic mass is 16.6. The molecule has 0 bridgehead atoms. The molecule has 1 saturated heterocycles. The first-order chi connectivity index (χ1) is 13.1. The Morgan fingerprint density at radius 3 is 2.56 bits per heavy atom. The summed E-state index contributed by atoms with van der Waals surface area (Å²) in [4.78, 5) is 13.6. The number of benzene rings is 2. The summed E-state index contributed by atoms with van der Waals surface area (Å²) in [6.45, 7) is 5.88. The first-order valence-corrected chi connectivity index (χ1v) is 9.65. The zero-order valence-corrected chi connectivity index (χ0v) is 15.7. The predicted octanol–water partition coefficient (Wildman–Crippen LogP) is 4.89. The summed E-state index contributed by atoms with van der Waals surface area (Å²) in [6.07, 6.45) is 6.06. The molecule has 0 N–H and O–H groups in total. The van der Waals surface area contributed by atoms with Gasteiger partial charge in [0.15, 0.2) is 0 Å². The Labute approximate surface area is 159 Å². The average Bonchev–Trinajstić information content (AvgIpc) is 2.99. The van der Waals surface area contributed by atoms with Gasteiger partial charge in [-0.15, -0.1) is 0 Å². The molecule has 0 aliphatic carbocycles. The molecule has 1 aromatic heterocycles.